The van der Waals surface area contributed by atoms with E-state index in [9.17, 15) is 5.26 Å². The molecule has 0 unspecified atom stereocenters. The van der Waals surface area contributed by atoms with Crippen molar-refractivity contribution in [3.8, 4) is 34.8 Å². The molecule has 7 heteroatoms. The number of fused-ring (bicyclic) bond motifs is 4. The van der Waals surface area contributed by atoms with Crippen LogP contribution in [0.4, 0.5) is 0 Å². The van der Waals surface area contributed by atoms with Crippen LogP contribution in [-0.4, -0.2) is 18.7 Å². The second-order valence-corrected chi connectivity index (χ2v) is 13.7. The van der Waals surface area contributed by atoms with Crippen LogP contribution >= 0.6 is 0 Å². The monoisotopic (exact) mass is 802 g/mol. The number of rotatable bonds is 5. The van der Waals surface area contributed by atoms with Gasteiger partial charge in [-0.1, -0.05) is 32.9 Å². The summed E-state index contributed by atoms with van der Waals surface area (Å²) in [4.78, 5) is 4.80. The molecule has 3 aromatic heterocycles. The summed E-state index contributed by atoms with van der Waals surface area (Å²) in [5, 5.41) is 11.8. The molecule has 8 aromatic rings. The standard InChI is InChI=1S/C41H29N5O.Pt/c1-41(2,3)29-20-21-43-40(23-29)46-36-15-5-4-14-34(36)35-19-18-33(25-39(35)46)47-32-13-9-12-31(24-32)45-27-44(37-16-6-7-17-38(37)45)30-11-8-10-28(22-30)26-42;/h4-23H,1-3H3;/q-2;. The molecule has 5 aromatic carbocycles. The molecular weight excluding hydrogens is 774 g/mol. The normalized spacial score (nSPS) is 11.8. The summed E-state index contributed by atoms with van der Waals surface area (Å²) in [5.74, 6) is 2.01. The Hall–Kier alpha value is -5.50. The maximum atomic E-state index is 9.54. The third-order valence-electron chi connectivity index (χ3n) is 8.55. The van der Waals surface area contributed by atoms with E-state index in [1.54, 1.807) is 0 Å². The molecule has 0 aliphatic rings. The van der Waals surface area contributed by atoms with Crippen LogP contribution in [0, 0.1) is 27.3 Å². The van der Waals surface area contributed by atoms with Gasteiger partial charge in [0.1, 0.15) is 0 Å². The molecule has 48 heavy (non-hydrogen) atoms. The minimum absolute atomic E-state index is 0.0157. The Morgan fingerprint density at radius 2 is 1.44 bits per heavy atom. The molecule has 0 radical (unpaired) electrons. The molecule has 8 rings (SSSR count). The van der Waals surface area contributed by atoms with Gasteiger partial charge in [-0.15, -0.1) is 0 Å². The molecule has 0 bridgehead atoms. The molecule has 0 aliphatic heterocycles. The molecule has 0 atom stereocenters. The van der Waals surface area contributed by atoms with Crippen molar-refractivity contribution in [3.05, 3.63) is 149 Å². The Balaban J connectivity index is 1.23. The van der Waals surface area contributed by atoms with Gasteiger partial charge in [-0.2, -0.15) is 0 Å². The first-order chi connectivity index (χ1) is 23.3. The van der Waals surface area contributed by atoms with Crippen molar-refractivity contribution in [2.45, 2.75) is 26.2 Å². The molecule has 6 nitrogen and oxygen atoms in total. The van der Waals surface area contributed by atoms with Gasteiger partial charge >= 0.3 is 234 Å². The summed E-state index contributed by atoms with van der Waals surface area (Å²) in [6.07, 6.45) is 1.88. The Bertz CT molecular complexity index is 2630. The van der Waals surface area contributed by atoms with Crippen molar-refractivity contribution in [3.63, 3.8) is 0 Å². The van der Waals surface area contributed by atoms with E-state index in [1.807, 2.05) is 66.9 Å². The zero-order chi connectivity index (χ0) is 33.0. The predicted octanol–water partition coefficient (Wildman–Crippen LogP) is 9.55. The quantitative estimate of drug-likeness (QED) is 0.163. The van der Waals surface area contributed by atoms with Crippen molar-refractivity contribution in [2.24, 2.45) is 0 Å². The topological polar surface area (TPSA) is 60.7 Å². The number of hydrogen-bond donors (Lipinski definition) is 0. The number of nitriles is 1. The van der Waals surface area contributed by atoms with E-state index in [2.05, 4.69) is 127 Å². The van der Waals surface area contributed by atoms with Crippen molar-refractivity contribution in [2.75, 3.05) is 0 Å². The van der Waals surface area contributed by atoms with Crippen LogP contribution < -0.4 is 4.74 Å². The van der Waals surface area contributed by atoms with Crippen LogP contribution in [0.1, 0.15) is 31.9 Å². The van der Waals surface area contributed by atoms with E-state index in [0.29, 0.717) is 17.1 Å². The minimum atomic E-state index is -0.0157. The molecule has 0 N–H and O–H groups in total. The zero-order valence-corrected chi connectivity index (χ0v) is 28.8. The first-order valence-corrected chi connectivity index (χ1v) is 16.8. The van der Waals surface area contributed by atoms with Crippen LogP contribution in [0.15, 0.2) is 121 Å². The number of aromatic nitrogens is 4. The summed E-state index contributed by atoms with van der Waals surface area (Å²) in [5.41, 5.74) is 7.56. The van der Waals surface area contributed by atoms with E-state index >= 15 is 0 Å². The van der Waals surface area contributed by atoms with E-state index in [1.165, 1.54) is 5.56 Å². The van der Waals surface area contributed by atoms with Crippen LogP contribution in [0.3, 0.4) is 0 Å². The number of nitrogens with zero attached hydrogens (tertiary/aromatic N) is 5. The van der Waals surface area contributed by atoms with Gasteiger partial charge in [0.25, 0.3) is 0 Å². The van der Waals surface area contributed by atoms with Crippen LogP contribution in [0.2, 0.25) is 0 Å². The zero-order valence-electron chi connectivity index (χ0n) is 26.5. The molecule has 0 saturated heterocycles. The fourth-order valence-corrected chi connectivity index (χ4v) is 7.34. The molecule has 236 valence electrons. The number of ether oxygens (including phenoxy) is 1. The van der Waals surface area contributed by atoms with E-state index in [0.717, 1.165) is 53.8 Å². The number of hydrogen-bond acceptors (Lipinski definition) is 3. The van der Waals surface area contributed by atoms with Crippen molar-refractivity contribution < 1.29 is 24.1 Å². The number of imidazole rings is 1. The Kier molecular flexibility index (Phi) is 7.24. The van der Waals surface area contributed by atoms with Gasteiger partial charge in [-0.05, 0) is 17.0 Å². The van der Waals surface area contributed by atoms with E-state index in [4.69, 9.17) is 9.72 Å². The van der Waals surface area contributed by atoms with Crippen LogP contribution in [-0.2, 0) is 24.8 Å². The Morgan fingerprint density at radius 1 is 0.708 bits per heavy atom. The summed E-state index contributed by atoms with van der Waals surface area (Å²) < 4.78 is 13.9. The molecule has 0 saturated carbocycles. The van der Waals surface area contributed by atoms with Gasteiger partial charge in [-0.3, -0.25) is 0 Å². The SMILES string of the molecule is CC(C)(C)c1ccnc(-n2c3[c-]c(Oc4[c-]c(-n5[c](=[Pt])n(-c6cccc(C#N)c6)c6ccccc65)ccc4)ccc3c3ccccc32)c1. The van der Waals surface area contributed by atoms with Crippen LogP contribution in [0.25, 0.3) is 50.0 Å². The third kappa shape index (κ3) is 5.08. The fourth-order valence-electron chi connectivity index (χ4n) is 6.22. The van der Waals surface area contributed by atoms with Crippen molar-refractivity contribution in [1.29, 1.82) is 5.26 Å². The first kappa shape index (κ1) is 29.9. The van der Waals surface area contributed by atoms with Crippen molar-refractivity contribution >= 4 is 32.8 Å². The second kappa shape index (κ2) is 11.6. The molecule has 0 aliphatic carbocycles. The molecular formula is C41H29N5OPt-2. The summed E-state index contributed by atoms with van der Waals surface area (Å²) in [6.45, 7) is 6.64. The van der Waals surface area contributed by atoms with Gasteiger partial charge in [-0.25, -0.2) is 0 Å². The van der Waals surface area contributed by atoms with E-state index < -0.39 is 0 Å². The van der Waals surface area contributed by atoms with E-state index in [-0.39, 0.29) is 5.41 Å². The Morgan fingerprint density at radius 3 is 2.23 bits per heavy atom. The van der Waals surface area contributed by atoms with Gasteiger partial charge < -0.3 is 0 Å². The maximum absolute atomic E-state index is 9.54. The summed E-state index contributed by atoms with van der Waals surface area (Å²) >= 11 is 2.34. The number of pyridine rings is 1. The van der Waals surface area contributed by atoms with Gasteiger partial charge in [0.05, 0.1) is 0 Å². The molecule has 0 amide bonds. The fraction of sp³-hybridized carbons (Fsp3) is 0.0976. The Labute approximate surface area is 289 Å². The number of para-hydroxylation sites is 3. The predicted molar refractivity (Wildman–Crippen MR) is 186 cm³/mol. The second-order valence-electron chi connectivity index (χ2n) is 12.7. The molecule has 3 heterocycles. The van der Waals surface area contributed by atoms with Crippen LogP contribution in [0.5, 0.6) is 11.5 Å². The average molecular weight is 803 g/mol. The van der Waals surface area contributed by atoms with Gasteiger partial charge in [0.15, 0.2) is 0 Å². The summed E-state index contributed by atoms with van der Waals surface area (Å²) in [6, 6.07) is 47.8. The van der Waals surface area contributed by atoms with Gasteiger partial charge in [0, 0.05) is 6.20 Å². The van der Waals surface area contributed by atoms with Crippen molar-refractivity contribution in [1.82, 2.24) is 18.7 Å². The molecule has 0 spiro atoms. The summed E-state index contributed by atoms with van der Waals surface area (Å²) in [7, 11) is 0. The molecule has 0 fully saturated rings. The average Bonchev–Trinajstić information content (AvgIpc) is 3.59. The van der Waals surface area contributed by atoms with Gasteiger partial charge in [0.2, 0.25) is 0 Å². The number of benzene rings is 5. The first-order valence-electron chi connectivity index (χ1n) is 15.6. The third-order valence-corrected chi connectivity index (χ3v) is 9.57.